The van der Waals surface area contributed by atoms with Crippen LogP contribution in [0.25, 0.3) is 0 Å². The molecule has 1 unspecified atom stereocenters. The molecule has 1 rings (SSSR count). The molecule has 0 aromatic rings. The van der Waals surface area contributed by atoms with Gasteiger partial charge in [-0.1, -0.05) is 20.8 Å². The average Bonchev–Trinajstić information content (AvgIpc) is 2.34. The number of rotatable bonds is 6. The molecule has 1 aliphatic rings. The molecule has 0 aromatic heterocycles. The molecule has 106 valence electrons. The van der Waals surface area contributed by atoms with Crippen molar-refractivity contribution in [1.82, 2.24) is 10.6 Å². The Balaban J connectivity index is 2.54. The van der Waals surface area contributed by atoms with Crippen LogP contribution < -0.4 is 10.6 Å². The van der Waals surface area contributed by atoms with Crippen LogP contribution in [-0.2, 0) is 9.53 Å². The molecule has 1 heterocycles. The lowest BCUT2D eigenvalue weighted by Gasteiger charge is -2.35. The molecule has 2 N–H and O–H groups in total. The smallest absolute Gasteiger partial charge is 0.226 e. The second-order valence-corrected chi connectivity index (χ2v) is 5.79. The van der Waals surface area contributed by atoms with Gasteiger partial charge in [0.15, 0.2) is 0 Å². The Morgan fingerprint density at radius 1 is 1.39 bits per heavy atom. The van der Waals surface area contributed by atoms with Crippen molar-refractivity contribution in [3.8, 4) is 0 Å². The molecular formula is C14H28N2O2. The van der Waals surface area contributed by atoms with Crippen LogP contribution in [0.5, 0.6) is 0 Å². The molecule has 0 radical (unpaired) electrons. The van der Waals surface area contributed by atoms with Gasteiger partial charge in [0.2, 0.25) is 5.91 Å². The molecule has 4 nitrogen and oxygen atoms in total. The number of carbonyl (C=O) groups is 1. The van der Waals surface area contributed by atoms with E-state index in [-0.39, 0.29) is 17.4 Å². The molecule has 0 aliphatic carbocycles. The van der Waals surface area contributed by atoms with Gasteiger partial charge in [-0.25, -0.2) is 0 Å². The number of amides is 1. The molecule has 1 atom stereocenters. The Morgan fingerprint density at radius 3 is 2.50 bits per heavy atom. The summed E-state index contributed by atoms with van der Waals surface area (Å²) in [6, 6.07) is 0.115. The molecule has 0 bridgehead atoms. The van der Waals surface area contributed by atoms with Gasteiger partial charge in [-0.15, -0.1) is 0 Å². The van der Waals surface area contributed by atoms with Crippen LogP contribution in [0, 0.1) is 11.3 Å². The van der Waals surface area contributed by atoms with E-state index in [0.717, 1.165) is 25.9 Å². The van der Waals surface area contributed by atoms with Crippen LogP contribution in [0.2, 0.25) is 0 Å². The summed E-state index contributed by atoms with van der Waals surface area (Å²) in [7, 11) is 0. The maximum atomic E-state index is 12.4. The minimum atomic E-state index is -0.218. The van der Waals surface area contributed by atoms with Crippen LogP contribution in [-0.4, -0.2) is 38.3 Å². The van der Waals surface area contributed by atoms with Crippen LogP contribution in [0.4, 0.5) is 0 Å². The van der Waals surface area contributed by atoms with Crippen molar-refractivity contribution in [2.45, 2.75) is 46.6 Å². The van der Waals surface area contributed by atoms with E-state index in [9.17, 15) is 4.79 Å². The van der Waals surface area contributed by atoms with E-state index in [1.807, 2.05) is 6.92 Å². The molecule has 1 saturated heterocycles. The van der Waals surface area contributed by atoms with Crippen molar-refractivity contribution in [3.05, 3.63) is 0 Å². The van der Waals surface area contributed by atoms with E-state index in [2.05, 4.69) is 31.4 Å². The summed E-state index contributed by atoms with van der Waals surface area (Å²) < 4.78 is 5.45. The summed E-state index contributed by atoms with van der Waals surface area (Å²) >= 11 is 0. The van der Waals surface area contributed by atoms with Gasteiger partial charge in [-0.05, 0) is 38.8 Å². The highest BCUT2D eigenvalue weighted by Crippen LogP contribution is 2.28. The summed E-state index contributed by atoms with van der Waals surface area (Å²) in [4.78, 5) is 12.4. The van der Waals surface area contributed by atoms with Gasteiger partial charge in [-0.2, -0.15) is 0 Å². The summed E-state index contributed by atoms with van der Waals surface area (Å²) in [5.41, 5.74) is -0.218. The molecule has 1 aliphatic heterocycles. The second kappa shape index (κ2) is 7.10. The molecule has 0 spiro atoms. The highest BCUT2D eigenvalue weighted by molar-refractivity contribution is 5.82. The Labute approximate surface area is 111 Å². The fourth-order valence-corrected chi connectivity index (χ4v) is 2.19. The third-order valence-electron chi connectivity index (χ3n) is 3.88. The average molecular weight is 256 g/mol. The number of nitrogens with one attached hydrogen (secondary N) is 2. The van der Waals surface area contributed by atoms with Gasteiger partial charge in [0.1, 0.15) is 0 Å². The van der Waals surface area contributed by atoms with Crippen LogP contribution in [0.1, 0.15) is 40.5 Å². The van der Waals surface area contributed by atoms with Gasteiger partial charge in [0.05, 0.1) is 12.6 Å². The standard InChI is InChI=1S/C14H28N2O2/c1-5-18-10-12(11(2)3)16-13(17)14(4)6-8-15-9-7-14/h11-12,15H,5-10H2,1-4H3,(H,16,17). The maximum absolute atomic E-state index is 12.4. The minimum Gasteiger partial charge on any atom is -0.380 e. The predicted octanol–water partition coefficient (Wildman–Crippen LogP) is 1.55. The lowest BCUT2D eigenvalue weighted by atomic mass is 9.80. The lowest BCUT2D eigenvalue weighted by Crippen LogP contribution is -2.51. The number of ether oxygens (including phenoxy) is 1. The van der Waals surface area contributed by atoms with Gasteiger partial charge >= 0.3 is 0 Å². The van der Waals surface area contributed by atoms with Crippen molar-refractivity contribution in [2.24, 2.45) is 11.3 Å². The van der Waals surface area contributed by atoms with E-state index in [4.69, 9.17) is 4.74 Å². The molecule has 0 aromatic carbocycles. The first-order chi connectivity index (χ1) is 8.49. The third kappa shape index (κ3) is 4.25. The summed E-state index contributed by atoms with van der Waals surface area (Å²) in [6.07, 6.45) is 1.83. The minimum absolute atomic E-state index is 0.115. The van der Waals surface area contributed by atoms with Gasteiger partial charge in [0, 0.05) is 12.0 Å². The largest absolute Gasteiger partial charge is 0.380 e. The Bertz CT molecular complexity index is 261. The van der Waals surface area contributed by atoms with Gasteiger partial charge in [0.25, 0.3) is 0 Å². The normalized spacial score (nSPS) is 20.7. The van der Waals surface area contributed by atoms with E-state index >= 15 is 0 Å². The van der Waals surface area contributed by atoms with E-state index < -0.39 is 0 Å². The third-order valence-corrected chi connectivity index (χ3v) is 3.88. The molecule has 4 heteroatoms. The highest BCUT2D eigenvalue weighted by Gasteiger charge is 2.35. The summed E-state index contributed by atoms with van der Waals surface area (Å²) in [5, 5.41) is 6.47. The molecule has 1 fully saturated rings. The highest BCUT2D eigenvalue weighted by atomic mass is 16.5. The number of hydrogen-bond acceptors (Lipinski definition) is 3. The van der Waals surface area contributed by atoms with Crippen molar-refractivity contribution in [2.75, 3.05) is 26.3 Å². The van der Waals surface area contributed by atoms with Crippen molar-refractivity contribution >= 4 is 5.91 Å². The SMILES string of the molecule is CCOCC(NC(=O)C1(C)CCNCC1)C(C)C. The Morgan fingerprint density at radius 2 is 2.00 bits per heavy atom. The first-order valence-electron chi connectivity index (χ1n) is 7.09. The fourth-order valence-electron chi connectivity index (χ4n) is 2.19. The maximum Gasteiger partial charge on any atom is 0.226 e. The molecular weight excluding hydrogens is 228 g/mol. The first-order valence-corrected chi connectivity index (χ1v) is 7.09. The number of carbonyl (C=O) groups excluding carboxylic acids is 1. The zero-order chi connectivity index (χ0) is 13.6. The Hall–Kier alpha value is -0.610. The van der Waals surface area contributed by atoms with Crippen LogP contribution in [0.15, 0.2) is 0 Å². The van der Waals surface area contributed by atoms with Crippen molar-refractivity contribution < 1.29 is 9.53 Å². The van der Waals surface area contributed by atoms with Gasteiger partial charge < -0.3 is 15.4 Å². The molecule has 18 heavy (non-hydrogen) atoms. The quantitative estimate of drug-likeness (QED) is 0.758. The van der Waals surface area contributed by atoms with E-state index in [1.54, 1.807) is 0 Å². The van der Waals surface area contributed by atoms with Crippen molar-refractivity contribution in [3.63, 3.8) is 0 Å². The summed E-state index contributed by atoms with van der Waals surface area (Å²) in [5.74, 6) is 0.577. The zero-order valence-electron chi connectivity index (χ0n) is 12.2. The molecule has 1 amide bonds. The lowest BCUT2D eigenvalue weighted by molar-refractivity contribution is -0.133. The number of piperidine rings is 1. The second-order valence-electron chi connectivity index (χ2n) is 5.79. The van der Waals surface area contributed by atoms with Crippen LogP contribution in [0.3, 0.4) is 0 Å². The predicted molar refractivity (Wildman–Crippen MR) is 73.5 cm³/mol. The van der Waals surface area contributed by atoms with E-state index in [1.165, 1.54) is 0 Å². The first kappa shape index (κ1) is 15.4. The monoisotopic (exact) mass is 256 g/mol. The molecule has 0 saturated carbocycles. The summed E-state index contributed by atoms with van der Waals surface area (Å²) in [6.45, 7) is 11.5. The Kier molecular flexibility index (Phi) is 6.09. The number of hydrogen-bond donors (Lipinski definition) is 2. The fraction of sp³-hybridized carbons (Fsp3) is 0.929. The zero-order valence-corrected chi connectivity index (χ0v) is 12.2. The van der Waals surface area contributed by atoms with Gasteiger partial charge in [-0.3, -0.25) is 4.79 Å². The topological polar surface area (TPSA) is 50.4 Å². The van der Waals surface area contributed by atoms with Crippen molar-refractivity contribution in [1.29, 1.82) is 0 Å². The van der Waals surface area contributed by atoms with E-state index in [0.29, 0.717) is 19.1 Å². The van der Waals surface area contributed by atoms with Crippen LogP contribution >= 0.6 is 0 Å².